The van der Waals surface area contributed by atoms with E-state index < -0.39 is 27.7 Å². The van der Waals surface area contributed by atoms with E-state index in [9.17, 15) is 18.0 Å². The molecule has 49 heavy (non-hydrogen) atoms. The minimum atomic E-state index is -4.18. The number of carbonyl (C=O) groups is 2. The summed E-state index contributed by atoms with van der Waals surface area (Å²) in [5.74, 6) is -1.75. The van der Waals surface area contributed by atoms with Gasteiger partial charge in [-0.15, -0.1) is 0 Å². The molecule has 0 aliphatic heterocycles. The summed E-state index contributed by atoms with van der Waals surface area (Å²) in [5, 5.41) is 6.26. The van der Waals surface area contributed by atoms with E-state index >= 15 is 0 Å². The SMILES string of the molecule is CC(C)(C)/C=C/c1cccc(C(Cc2ccc(C(=O)NCCS(=O)(=O)O)cc2)C(=O)Nc2ccc(-c3ccc(C(C)(C)C)cc3Cl)cc2)c1. The standard InChI is InChI=1S/C40H45ClN2O5S/c1-39(2,3)21-20-27-8-7-9-31(24-27)35(25-28-10-12-30(13-11-28)37(44)42-22-23-49(46,47)48)38(45)43-33-17-14-29(15-18-33)34-19-16-32(26-36(34)41)40(4,5)6/h7-21,24,26,35H,22-23,25H2,1-6H3,(H,42,44)(H,43,45)(H,46,47,48)/b21-20+. The summed E-state index contributed by atoms with van der Waals surface area (Å²) in [6, 6.07) is 28.5. The Hall–Kier alpha value is -4.24. The van der Waals surface area contributed by atoms with Crippen molar-refractivity contribution in [1.29, 1.82) is 0 Å². The highest BCUT2D eigenvalue weighted by Gasteiger charge is 2.23. The molecule has 0 aliphatic rings. The molecule has 9 heteroatoms. The smallest absolute Gasteiger partial charge is 0.266 e. The first-order valence-electron chi connectivity index (χ1n) is 16.2. The van der Waals surface area contributed by atoms with E-state index in [1.54, 1.807) is 24.3 Å². The Morgan fingerprint density at radius 2 is 1.55 bits per heavy atom. The van der Waals surface area contributed by atoms with Crippen LogP contribution in [0.5, 0.6) is 0 Å². The van der Waals surface area contributed by atoms with Gasteiger partial charge in [-0.2, -0.15) is 8.42 Å². The number of hydrogen-bond donors (Lipinski definition) is 3. The van der Waals surface area contributed by atoms with Crippen LogP contribution in [-0.2, 0) is 26.7 Å². The van der Waals surface area contributed by atoms with Crippen molar-refractivity contribution >= 4 is 45.3 Å². The lowest BCUT2D eigenvalue weighted by Crippen LogP contribution is -2.28. The fourth-order valence-corrected chi connectivity index (χ4v) is 5.84. The minimum Gasteiger partial charge on any atom is -0.351 e. The molecule has 1 unspecified atom stereocenters. The van der Waals surface area contributed by atoms with Crippen LogP contribution in [0, 0.1) is 5.41 Å². The summed E-state index contributed by atoms with van der Waals surface area (Å²) in [7, 11) is -4.18. The van der Waals surface area contributed by atoms with Gasteiger partial charge in [0.15, 0.2) is 0 Å². The Morgan fingerprint density at radius 1 is 0.878 bits per heavy atom. The van der Waals surface area contributed by atoms with Gasteiger partial charge >= 0.3 is 0 Å². The highest BCUT2D eigenvalue weighted by molar-refractivity contribution is 7.85. The Balaban J connectivity index is 1.57. The first-order chi connectivity index (χ1) is 22.9. The van der Waals surface area contributed by atoms with Crippen molar-refractivity contribution in [3.8, 4) is 11.1 Å². The molecule has 4 aromatic rings. The molecule has 0 heterocycles. The van der Waals surface area contributed by atoms with E-state index in [1.807, 2.05) is 60.7 Å². The normalized spacial score (nSPS) is 12.9. The Labute approximate surface area is 295 Å². The highest BCUT2D eigenvalue weighted by atomic mass is 35.5. The van der Waals surface area contributed by atoms with Crippen molar-refractivity contribution in [3.05, 3.63) is 130 Å². The van der Waals surface area contributed by atoms with Crippen LogP contribution in [0.2, 0.25) is 5.02 Å². The van der Waals surface area contributed by atoms with E-state index in [1.165, 1.54) is 0 Å². The monoisotopic (exact) mass is 700 g/mol. The molecule has 0 aliphatic carbocycles. The maximum Gasteiger partial charge on any atom is 0.266 e. The van der Waals surface area contributed by atoms with E-state index in [-0.39, 0.29) is 23.3 Å². The van der Waals surface area contributed by atoms with Crippen molar-refractivity contribution < 1.29 is 22.6 Å². The van der Waals surface area contributed by atoms with Gasteiger partial charge in [-0.25, -0.2) is 0 Å². The summed E-state index contributed by atoms with van der Waals surface area (Å²) >= 11 is 6.68. The van der Waals surface area contributed by atoms with Crippen molar-refractivity contribution in [2.75, 3.05) is 17.6 Å². The average molecular weight is 701 g/mol. The average Bonchev–Trinajstić information content (AvgIpc) is 3.02. The summed E-state index contributed by atoms with van der Waals surface area (Å²) in [4.78, 5) is 26.5. The quantitative estimate of drug-likeness (QED) is 0.135. The lowest BCUT2D eigenvalue weighted by Gasteiger charge is -2.20. The van der Waals surface area contributed by atoms with Crippen molar-refractivity contribution in [3.63, 3.8) is 0 Å². The van der Waals surface area contributed by atoms with Gasteiger partial charge in [0.1, 0.15) is 0 Å². The molecule has 0 bridgehead atoms. The van der Waals surface area contributed by atoms with Crippen molar-refractivity contribution in [2.45, 2.75) is 59.3 Å². The molecule has 0 fully saturated rings. The molecule has 2 amide bonds. The molecule has 1 atom stereocenters. The molecule has 0 radical (unpaired) electrons. The summed E-state index contributed by atoms with van der Waals surface area (Å²) in [6.45, 7) is 12.6. The second-order valence-electron chi connectivity index (χ2n) is 14.4. The number of hydrogen-bond acceptors (Lipinski definition) is 4. The van der Waals surface area contributed by atoms with E-state index in [0.29, 0.717) is 22.7 Å². The maximum atomic E-state index is 14.0. The molecular weight excluding hydrogens is 656 g/mol. The van der Waals surface area contributed by atoms with Gasteiger partial charge in [-0.3, -0.25) is 14.1 Å². The molecule has 4 aromatic carbocycles. The van der Waals surface area contributed by atoms with Crippen LogP contribution in [0.15, 0.2) is 97.1 Å². The number of nitrogens with one attached hydrogen (secondary N) is 2. The summed E-state index contributed by atoms with van der Waals surface area (Å²) in [6.07, 6.45) is 4.56. The van der Waals surface area contributed by atoms with Crippen molar-refractivity contribution in [1.82, 2.24) is 5.32 Å². The second-order valence-corrected chi connectivity index (χ2v) is 16.4. The Morgan fingerprint density at radius 3 is 2.14 bits per heavy atom. The Kier molecular flexibility index (Phi) is 11.9. The largest absolute Gasteiger partial charge is 0.351 e. The highest BCUT2D eigenvalue weighted by Crippen LogP contribution is 2.34. The van der Waals surface area contributed by atoms with Gasteiger partial charge in [-0.05, 0) is 75.4 Å². The molecule has 0 spiro atoms. The van der Waals surface area contributed by atoms with Gasteiger partial charge in [-0.1, -0.05) is 126 Å². The van der Waals surface area contributed by atoms with E-state index in [2.05, 4.69) is 70.4 Å². The third-order valence-corrected chi connectivity index (χ3v) is 9.04. The van der Waals surface area contributed by atoms with Crippen LogP contribution in [0.1, 0.15) is 80.1 Å². The molecule has 0 saturated carbocycles. The third kappa shape index (κ3) is 11.4. The third-order valence-electron chi connectivity index (χ3n) is 8.01. The molecular formula is C40H45ClN2O5S. The van der Waals surface area contributed by atoms with Crippen molar-refractivity contribution in [2.24, 2.45) is 5.41 Å². The van der Waals surface area contributed by atoms with Gasteiger partial charge in [0, 0.05) is 28.4 Å². The van der Waals surface area contributed by atoms with Gasteiger partial charge in [0.2, 0.25) is 5.91 Å². The Bertz CT molecular complexity index is 1920. The number of carbonyl (C=O) groups excluding carboxylic acids is 2. The molecule has 7 nitrogen and oxygen atoms in total. The summed E-state index contributed by atoms with van der Waals surface area (Å²) in [5.41, 5.74) is 6.67. The number of rotatable bonds is 11. The predicted molar refractivity (Wildman–Crippen MR) is 201 cm³/mol. The zero-order valence-corrected chi connectivity index (χ0v) is 30.5. The minimum absolute atomic E-state index is 0.00179. The molecule has 4 rings (SSSR count). The molecule has 258 valence electrons. The molecule has 0 saturated heterocycles. The lowest BCUT2D eigenvalue weighted by atomic mass is 9.86. The van der Waals surface area contributed by atoms with Crippen LogP contribution in [0.25, 0.3) is 17.2 Å². The number of allylic oxidation sites excluding steroid dienone is 1. The van der Waals surface area contributed by atoms with E-state index in [0.717, 1.165) is 33.4 Å². The fraction of sp³-hybridized carbons (Fsp3) is 0.300. The number of halogens is 1. The fourth-order valence-electron chi connectivity index (χ4n) is 5.19. The van der Waals surface area contributed by atoms with Crippen LogP contribution in [0.4, 0.5) is 5.69 Å². The van der Waals surface area contributed by atoms with Gasteiger partial charge in [0.25, 0.3) is 16.0 Å². The first-order valence-corrected chi connectivity index (χ1v) is 18.2. The maximum absolute atomic E-state index is 14.0. The number of benzene rings is 4. The second kappa shape index (κ2) is 15.5. The summed E-state index contributed by atoms with van der Waals surface area (Å²) < 4.78 is 30.9. The van der Waals surface area contributed by atoms with E-state index in [4.69, 9.17) is 16.2 Å². The van der Waals surface area contributed by atoms with Gasteiger partial charge < -0.3 is 10.6 Å². The zero-order chi connectivity index (χ0) is 36.0. The lowest BCUT2D eigenvalue weighted by molar-refractivity contribution is -0.117. The van der Waals surface area contributed by atoms with Gasteiger partial charge in [0.05, 0.1) is 11.7 Å². The first kappa shape index (κ1) is 37.6. The van der Waals surface area contributed by atoms with Crippen LogP contribution >= 0.6 is 11.6 Å². The number of amides is 2. The van der Waals surface area contributed by atoms with Crippen LogP contribution in [-0.4, -0.2) is 37.1 Å². The topological polar surface area (TPSA) is 113 Å². The molecule has 0 aromatic heterocycles. The van der Waals surface area contributed by atoms with Crippen LogP contribution in [0.3, 0.4) is 0 Å². The molecule has 3 N–H and O–H groups in total. The predicted octanol–water partition coefficient (Wildman–Crippen LogP) is 8.95. The van der Waals surface area contributed by atoms with Crippen LogP contribution < -0.4 is 10.6 Å². The number of anilines is 1. The zero-order valence-electron chi connectivity index (χ0n) is 28.9.